The summed E-state index contributed by atoms with van der Waals surface area (Å²) >= 11 is 3.06. The number of allylic oxidation sites excluding steroid dienone is 1. The Bertz CT molecular complexity index is 869. The molecule has 0 unspecified atom stereocenters. The number of aromatic nitrogens is 1. The normalized spacial score (nSPS) is 11.9. The monoisotopic (exact) mass is 337 g/mol. The molecule has 1 aromatic heterocycles. The smallest absolute Gasteiger partial charge is 0.137 e. The second kappa shape index (κ2) is 6.86. The number of hydrogen-bond acceptors (Lipinski definition) is 5. The first kappa shape index (κ1) is 15.6. The van der Waals surface area contributed by atoms with E-state index >= 15 is 0 Å². The van der Waals surface area contributed by atoms with Crippen molar-refractivity contribution in [2.24, 2.45) is 0 Å². The Morgan fingerprint density at radius 1 is 1.17 bits per heavy atom. The number of benzene rings is 2. The van der Waals surface area contributed by atoms with Crippen molar-refractivity contribution >= 4 is 44.6 Å². The van der Waals surface area contributed by atoms with Gasteiger partial charge in [0.05, 0.1) is 15.2 Å². The van der Waals surface area contributed by atoms with Gasteiger partial charge in [0.25, 0.3) is 0 Å². The number of nitrogens with zero attached hydrogens (tertiary/aromatic N) is 2. The van der Waals surface area contributed by atoms with Crippen molar-refractivity contribution < 1.29 is 0 Å². The maximum Gasteiger partial charge on any atom is 0.137 e. The number of hydrogen-bond donors (Lipinski definition) is 1. The second-order valence-corrected chi connectivity index (χ2v) is 6.84. The van der Waals surface area contributed by atoms with Gasteiger partial charge in [-0.2, -0.15) is 5.26 Å². The lowest BCUT2D eigenvalue weighted by atomic mass is 10.2. The summed E-state index contributed by atoms with van der Waals surface area (Å²) in [6, 6.07) is 18.4. The van der Waals surface area contributed by atoms with Crippen molar-refractivity contribution in [3.05, 3.63) is 64.1 Å². The van der Waals surface area contributed by atoms with Crippen molar-refractivity contribution in [3.8, 4) is 6.07 Å². The van der Waals surface area contributed by atoms with E-state index in [0.29, 0.717) is 5.57 Å². The van der Waals surface area contributed by atoms with Crippen LogP contribution in [-0.2, 0) is 0 Å². The minimum Gasteiger partial charge on any atom is -0.349 e. The van der Waals surface area contributed by atoms with E-state index in [1.54, 1.807) is 11.3 Å². The molecule has 3 aromatic rings. The summed E-state index contributed by atoms with van der Waals surface area (Å²) in [7, 11) is 0. The molecule has 1 heterocycles. The maximum atomic E-state index is 9.63. The Hall–Kier alpha value is -2.29. The maximum absolute atomic E-state index is 9.63. The molecule has 3 nitrogen and oxygen atoms in total. The number of thioether (sulfide) groups is 1. The predicted octanol–water partition coefficient (Wildman–Crippen LogP) is 5.27. The average Bonchev–Trinajstić information content (AvgIpc) is 3.00. The van der Waals surface area contributed by atoms with Gasteiger partial charge in [-0.15, -0.1) is 23.1 Å². The molecule has 114 valence electrons. The summed E-state index contributed by atoms with van der Waals surface area (Å²) in [5.41, 5.74) is 3.68. The molecule has 0 bridgehead atoms. The van der Waals surface area contributed by atoms with E-state index in [1.807, 2.05) is 54.8 Å². The number of nitriles is 1. The standard InChI is InChI=1S/C18H15N3S2/c1-12-7-9-13(10-8-12)20-17(22-2)14(11-19)18-21-15-5-3-4-6-16(15)23-18/h3-10,20H,1-2H3/b17-14+. The van der Waals surface area contributed by atoms with Gasteiger partial charge in [0.2, 0.25) is 0 Å². The highest BCUT2D eigenvalue weighted by atomic mass is 32.2. The van der Waals surface area contributed by atoms with Crippen molar-refractivity contribution in [1.29, 1.82) is 5.26 Å². The Balaban J connectivity index is 2.02. The van der Waals surface area contributed by atoms with Crippen molar-refractivity contribution in [1.82, 2.24) is 4.98 Å². The summed E-state index contributed by atoms with van der Waals surface area (Å²) in [6.45, 7) is 2.05. The van der Waals surface area contributed by atoms with Gasteiger partial charge in [-0.25, -0.2) is 4.98 Å². The zero-order valence-corrected chi connectivity index (χ0v) is 14.5. The van der Waals surface area contributed by atoms with Gasteiger partial charge in [-0.05, 0) is 37.4 Å². The summed E-state index contributed by atoms with van der Waals surface area (Å²) in [5.74, 6) is 0. The third kappa shape index (κ3) is 3.39. The highest BCUT2D eigenvalue weighted by Gasteiger charge is 2.14. The first-order valence-electron chi connectivity index (χ1n) is 7.09. The zero-order chi connectivity index (χ0) is 16.2. The first-order valence-corrected chi connectivity index (χ1v) is 9.13. The molecular weight excluding hydrogens is 322 g/mol. The van der Waals surface area contributed by atoms with E-state index in [9.17, 15) is 5.26 Å². The van der Waals surface area contributed by atoms with Crippen LogP contribution >= 0.6 is 23.1 Å². The quantitative estimate of drug-likeness (QED) is 0.659. The minimum absolute atomic E-state index is 0.583. The lowest BCUT2D eigenvalue weighted by Gasteiger charge is -2.10. The van der Waals surface area contributed by atoms with Gasteiger partial charge in [0.15, 0.2) is 0 Å². The Morgan fingerprint density at radius 2 is 1.91 bits per heavy atom. The summed E-state index contributed by atoms with van der Waals surface area (Å²) in [6.07, 6.45) is 1.96. The molecule has 0 atom stereocenters. The molecule has 1 N–H and O–H groups in total. The van der Waals surface area contributed by atoms with Crippen LogP contribution in [0.15, 0.2) is 53.6 Å². The van der Waals surface area contributed by atoms with Gasteiger partial charge >= 0.3 is 0 Å². The number of fused-ring (bicyclic) bond motifs is 1. The second-order valence-electron chi connectivity index (χ2n) is 5.00. The molecule has 0 saturated heterocycles. The van der Waals surface area contributed by atoms with Crippen LogP contribution in [0.4, 0.5) is 5.69 Å². The molecule has 3 rings (SSSR count). The molecule has 5 heteroatoms. The molecule has 0 aliphatic carbocycles. The van der Waals surface area contributed by atoms with Gasteiger partial charge in [0, 0.05) is 5.69 Å². The first-order chi connectivity index (χ1) is 11.2. The molecule has 0 spiro atoms. The van der Waals surface area contributed by atoms with Crippen LogP contribution in [0.2, 0.25) is 0 Å². The summed E-state index contributed by atoms with van der Waals surface area (Å²) in [4.78, 5) is 4.59. The number of rotatable bonds is 4. The molecule has 2 aromatic carbocycles. The largest absolute Gasteiger partial charge is 0.349 e. The molecule has 0 saturated carbocycles. The topological polar surface area (TPSA) is 48.7 Å². The van der Waals surface area contributed by atoms with E-state index in [0.717, 1.165) is 25.9 Å². The van der Waals surface area contributed by atoms with Crippen molar-refractivity contribution in [2.75, 3.05) is 11.6 Å². The van der Waals surface area contributed by atoms with Crippen LogP contribution in [0.25, 0.3) is 15.8 Å². The molecular formula is C18H15N3S2. The van der Waals surface area contributed by atoms with Crippen molar-refractivity contribution in [2.45, 2.75) is 6.92 Å². The fourth-order valence-corrected chi connectivity index (χ4v) is 3.76. The van der Waals surface area contributed by atoms with Crippen LogP contribution < -0.4 is 5.32 Å². The zero-order valence-electron chi connectivity index (χ0n) is 12.8. The van der Waals surface area contributed by atoms with Gasteiger partial charge in [0.1, 0.15) is 16.6 Å². The SMILES string of the molecule is CS/C(Nc1ccc(C)cc1)=C(\C#N)c1nc2ccccc2s1. The molecule has 0 radical (unpaired) electrons. The van der Waals surface area contributed by atoms with Gasteiger partial charge in [-0.3, -0.25) is 0 Å². The Kier molecular flexibility index (Phi) is 4.65. The van der Waals surface area contributed by atoms with E-state index in [2.05, 4.69) is 23.3 Å². The van der Waals surface area contributed by atoms with Gasteiger partial charge < -0.3 is 5.32 Å². The summed E-state index contributed by atoms with van der Waals surface area (Å²) in [5, 5.41) is 14.5. The van der Waals surface area contributed by atoms with Crippen LogP contribution in [0.5, 0.6) is 0 Å². The highest BCUT2D eigenvalue weighted by Crippen LogP contribution is 2.32. The predicted molar refractivity (Wildman–Crippen MR) is 100 cm³/mol. The number of anilines is 1. The fourth-order valence-electron chi connectivity index (χ4n) is 2.16. The van der Waals surface area contributed by atoms with E-state index in [4.69, 9.17) is 0 Å². The third-order valence-corrected chi connectivity index (χ3v) is 5.13. The Morgan fingerprint density at radius 3 is 2.57 bits per heavy atom. The number of aryl methyl sites for hydroxylation is 1. The number of nitrogens with one attached hydrogen (secondary N) is 1. The van der Waals surface area contributed by atoms with E-state index in [-0.39, 0.29) is 0 Å². The molecule has 0 aliphatic heterocycles. The Labute approximate surface area is 143 Å². The third-order valence-electron chi connectivity index (χ3n) is 3.36. The van der Waals surface area contributed by atoms with Crippen LogP contribution in [-0.4, -0.2) is 11.2 Å². The molecule has 0 amide bonds. The number of thiazole rings is 1. The molecule has 23 heavy (non-hydrogen) atoms. The minimum atomic E-state index is 0.583. The van der Waals surface area contributed by atoms with Crippen molar-refractivity contribution in [3.63, 3.8) is 0 Å². The van der Waals surface area contributed by atoms with Gasteiger partial charge in [-0.1, -0.05) is 29.8 Å². The van der Waals surface area contributed by atoms with Crippen LogP contribution in [0.3, 0.4) is 0 Å². The molecule has 0 fully saturated rings. The molecule has 0 aliphatic rings. The van der Waals surface area contributed by atoms with Crippen LogP contribution in [0, 0.1) is 18.3 Å². The van der Waals surface area contributed by atoms with Crippen LogP contribution in [0.1, 0.15) is 10.6 Å². The summed E-state index contributed by atoms with van der Waals surface area (Å²) < 4.78 is 1.09. The fraction of sp³-hybridized carbons (Fsp3) is 0.111. The average molecular weight is 337 g/mol. The number of para-hydroxylation sites is 1. The van der Waals surface area contributed by atoms with E-state index in [1.165, 1.54) is 17.3 Å². The lowest BCUT2D eigenvalue weighted by molar-refractivity contribution is 1.41. The van der Waals surface area contributed by atoms with E-state index < -0.39 is 0 Å². The lowest BCUT2D eigenvalue weighted by Crippen LogP contribution is -1.99. The highest BCUT2D eigenvalue weighted by molar-refractivity contribution is 8.02.